The molecule has 1 N–H and O–H groups in total. The second-order valence-corrected chi connectivity index (χ2v) is 2.62. The number of nitrogens with zero attached hydrogens (tertiary/aromatic N) is 2. The number of rotatable bonds is 2. The van der Waals surface area contributed by atoms with Gasteiger partial charge in [-0.05, 0) is 29.7 Å². The lowest BCUT2D eigenvalue weighted by Crippen LogP contribution is -1.92. The third kappa shape index (κ3) is 2.06. The van der Waals surface area contributed by atoms with Crippen molar-refractivity contribution in [1.82, 2.24) is 0 Å². The summed E-state index contributed by atoms with van der Waals surface area (Å²) in [5.41, 5.74) is 2.49. The van der Waals surface area contributed by atoms with E-state index in [1.54, 1.807) is 18.2 Å². The summed E-state index contributed by atoms with van der Waals surface area (Å²) in [4.78, 5) is 0. The van der Waals surface area contributed by atoms with Gasteiger partial charge in [-0.25, -0.2) is 0 Å². The van der Waals surface area contributed by atoms with Gasteiger partial charge in [-0.1, -0.05) is 18.1 Å². The molecule has 3 nitrogen and oxygen atoms in total. The van der Waals surface area contributed by atoms with Crippen molar-refractivity contribution < 1.29 is 5.21 Å². The molecule has 0 unspecified atom stereocenters. The Labute approximate surface area is 76.9 Å². The number of aryl methyl sites for hydroxylation is 1. The highest BCUT2D eigenvalue weighted by molar-refractivity contribution is 5.81. The molecule has 13 heavy (non-hydrogen) atoms. The Morgan fingerprint density at radius 2 is 2.38 bits per heavy atom. The van der Waals surface area contributed by atoms with Crippen LogP contribution in [0.25, 0.3) is 0 Å². The zero-order chi connectivity index (χ0) is 9.68. The average molecular weight is 174 g/mol. The van der Waals surface area contributed by atoms with Crippen LogP contribution in [0.1, 0.15) is 23.6 Å². The van der Waals surface area contributed by atoms with E-state index in [0.29, 0.717) is 5.56 Å². The van der Waals surface area contributed by atoms with Gasteiger partial charge in [0, 0.05) is 0 Å². The quantitative estimate of drug-likeness (QED) is 0.423. The van der Waals surface area contributed by atoms with Crippen LogP contribution in [0.3, 0.4) is 0 Å². The molecule has 0 bridgehead atoms. The van der Waals surface area contributed by atoms with E-state index < -0.39 is 0 Å². The normalized spacial score (nSPS) is 10.2. The fourth-order valence-electron chi connectivity index (χ4n) is 1.17. The van der Waals surface area contributed by atoms with Crippen LogP contribution in [0, 0.1) is 11.3 Å². The Morgan fingerprint density at radius 1 is 1.62 bits per heavy atom. The fraction of sp³-hybridized carbons (Fsp3) is 0.200. The summed E-state index contributed by atoms with van der Waals surface area (Å²) < 4.78 is 0. The highest BCUT2D eigenvalue weighted by Gasteiger charge is 1.99. The molecule has 1 rings (SSSR count). The van der Waals surface area contributed by atoms with Gasteiger partial charge in [-0.2, -0.15) is 5.26 Å². The summed E-state index contributed by atoms with van der Waals surface area (Å²) in [6.45, 7) is 1.99. The van der Waals surface area contributed by atoms with E-state index >= 15 is 0 Å². The van der Waals surface area contributed by atoms with Crippen molar-refractivity contribution in [2.24, 2.45) is 5.16 Å². The predicted molar refractivity (Wildman–Crippen MR) is 49.9 cm³/mol. The number of nitriles is 1. The van der Waals surface area contributed by atoms with E-state index in [4.69, 9.17) is 10.5 Å². The van der Waals surface area contributed by atoms with E-state index in [1.165, 1.54) is 6.21 Å². The molecule has 0 radical (unpaired) electrons. The molecule has 0 saturated carbocycles. The van der Waals surface area contributed by atoms with Gasteiger partial charge in [-0.3, -0.25) is 0 Å². The molecular weight excluding hydrogens is 164 g/mol. The van der Waals surface area contributed by atoms with E-state index in [0.717, 1.165) is 17.5 Å². The smallest absolute Gasteiger partial charge is 0.0991 e. The Kier molecular flexibility index (Phi) is 3.04. The Balaban J connectivity index is 3.17. The maximum Gasteiger partial charge on any atom is 0.0991 e. The number of oxime groups is 1. The number of hydrogen-bond donors (Lipinski definition) is 1. The molecule has 1 aromatic rings. The lowest BCUT2D eigenvalue weighted by molar-refractivity contribution is 0.322. The molecule has 0 amide bonds. The SMILES string of the molecule is CCc1cc(C#N)ccc1/C=N/O. The lowest BCUT2D eigenvalue weighted by atomic mass is 10.0. The Hall–Kier alpha value is -1.82. The van der Waals surface area contributed by atoms with E-state index in [9.17, 15) is 0 Å². The van der Waals surface area contributed by atoms with Crippen LogP contribution in [-0.2, 0) is 6.42 Å². The minimum absolute atomic E-state index is 0.631. The van der Waals surface area contributed by atoms with Crippen molar-refractivity contribution in [3.05, 3.63) is 34.9 Å². The van der Waals surface area contributed by atoms with Gasteiger partial charge in [0.05, 0.1) is 17.8 Å². The first kappa shape index (κ1) is 9.27. The van der Waals surface area contributed by atoms with Crippen molar-refractivity contribution in [1.29, 1.82) is 5.26 Å². The molecule has 0 saturated heterocycles. The fourth-order valence-corrected chi connectivity index (χ4v) is 1.17. The number of benzene rings is 1. The summed E-state index contributed by atoms with van der Waals surface area (Å²) in [5, 5.41) is 20.0. The monoisotopic (exact) mass is 174 g/mol. The van der Waals surface area contributed by atoms with Gasteiger partial charge in [0.15, 0.2) is 0 Å². The largest absolute Gasteiger partial charge is 0.411 e. The topological polar surface area (TPSA) is 56.4 Å². The molecule has 0 aliphatic heterocycles. The third-order valence-corrected chi connectivity index (χ3v) is 1.85. The molecule has 0 aromatic heterocycles. The van der Waals surface area contributed by atoms with Crippen LogP contribution in [0.4, 0.5) is 0 Å². The Morgan fingerprint density at radius 3 is 2.92 bits per heavy atom. The van der Waals surface area contributed by atoms with E-state index in [-0.39, 0.29) is 0 Å². The zero-order valence-corrected chi connectivity index (χ0v) is 7.36. The minimum atomic E-state index is 0.631. The van der Waals surface area contributed by atoms with Gasteiger partial charge >= 0.3 is 0 Å². The first-order valence-corrected chi connectivity index (χ1v) is 4.02. The van der Waals surface area contributed by atoms with Crippen molar-refractivity contribution in [3.8, 4) is 6.07 Å². The summed E-state index contributed by atoms with van der Waals surface area (Å²) in [5.74, 6) is 0. The van der Waals surface area contributed by atoms with Gasteiger partial charge in [-0.15, -0.1) is 0 Å². The molecule has 0 aliphatic carbocycles. The Bertz CT molecular complexity index is 364. The van der Waals surface area contributed by atoms with Gasteiger partial charge < -0.3 is 5.21 Å². The molecule has 3 heteroatoms. The van der Waals surface area contributed by atoms with Crippen LogP contribution in [-0.4, -0.2) is 11.4 Å². The number of hydrogen-bond acceptors (Lipinski definition) is 3. The van der Waals surface area contributed by atoms with Crippen LogP contribution in [0.2, 0.25) is 0 Å². The molecular formula is C10H10N2O. The van der Waals surface area contributed by atoms with Crippen LogP contribution < -0.4 is 0 Å². The average Bonchev–Trinajstić information content (AvgIpc) is 2.19. The maximum atomic E-state index is 8.65. The molecule has 0 aliphatic rings. The highest BCUT2D eigenvalue weighted by atomic mass is 16.4. The molecule has 1 aromatic carbocycles. The maximum absolute atomic E-state index is 8.65. The third-order valence-electron chi connectivity index (χ3n) is 1.85. The summed E-state index contributed by atoms with van der Waals surface area (Å²) in [7, 11) is 0. The second-order valence-electron chi connectivity index (χ2n) is 2.62. The van der Waals surface area contributed by atoms with Crippen molar-refractivity contribution in [2.75, 3.05) is 0 Å². The molecule has 66 valence electrons. The van der Waals surface area contributed by atoms with E-state index in [1.807, 2.05) is 6.92 Å². The summed E-state index contributed by atoms with van der Waals surface area (Å²) >= 11 is 0. The van der Waals surface area contributed by atoms with Crippen molar-refractivity contribution >= 4 is 6.21 Å². The van der Waals surface area contributed by atoms with Gasteiger partial charge in [0.2, 0.25) is 0 Å². The molecule has 0 heterocycles. The summed E-state index contributed by atoms with van der Waals surface area (Å²) in [6, 6.07) is 7.35. The summed E-state index contributed by atoms with van der Waals surface area (Å²) in [6.07, 6.45) is 2.19. The standard InChI is InChI=1S/C10H10N2O/c1-2-9-5-8(6-11)3-4-10(9)7-12-13/h3-5,7,13H,2H2,1H3/b12-7+. The lowest BCUT2D eigenvalue weighted by Gasteiger charge is -2.01. The zero-order valence-electron chi connectivity index (χ0n) is 7.36. The first-order chi connectivity index (χ1) is 6.31. The van der Waals surface area contributed by atoms with Crippen LogP contribution >= 0.6 is 0 Å². The molecule has 0 spiro atoms. The first-order valence-electron chi connectivity index (χ1n) is 4.02. The van der Waals surface area contributed by atoms with Crippen LogP contribution in [0.15, 0.2) is 23.4 Å². The second kappa shape index (κ2) is 4.27. The van der Waals surface area contributed by atoms with Crippen molar-refractivity contribution in [3.63, 3.8) is 0 Å². The van der Waals surface area contributed by atoms with Crippen LogP contribution in [0.5, 0.6) is 0 Å². The van der Waals surface area contributed by atoms with Crippen molar-refractivity contribution in [2.45, 2.75) is 13.3 Å². The predicted octanol–water partition coefficient (Wildman–Crippen LogP) is 1.93. The minimum Gasteiger partial charge on any atom is -0.411 e. The molecule has 0 fully saturated rings. The van der Waals surface area contributed by atoms with E-state index in [2.05, 4.69) is 11.2 Å². The molecule has 0 atom stereocenters. The van der Waals surface area contributed by atoms with Gasteiger partial charge in [0.25, 0.3) is 0 Å². The van der Waals surface area contributed by atoms with Gasteiger partial charge in [0.1, 0.15) is 0 Å². The highest BCUT2D eigenvalue weighted by Crippen LogP contribution is 2.10.